The molecule has 8 nitrogen and oxygen atoms in total. The van der Waals surface area contributed by atoms with Crippen LogP contribution < -0.4 is 17.0 Å². The van der Waals surface area contributed by atoms with E-state index in [1.807, 2.05) is 0 Å². The number of aromatic nitrogens is 4. The monoisotopic (exact) mass is 223 g/mol. The first-order chi connectivity index (χ1) is 7.66. The lowest BCUT2D eigenvalue weighted by Crippen LogP contribution is -2.31. The van der Waals surface area contributed by atoms with E-state index in [9.17, 15) is 9.59 Å². The number of hydrogen-bond acceptors (Lipinski definition) is 6. The van der Waals surface area contributed by atoms with Crippen LogP contribution in [0.2, 0.25) is 0 Å². The van der Waals surface area contributed by atoms with Crippen LogP contribution in [0.3, 0.4) is 0 Å². The first-order valence-corrected chi connectivity index (χ1v) is 4.52. The van der Waals surface area contributed by atoms with Crippen molar-refractivity contribution in [1.29, 1.82) is 0 Å². The fourth-order valence-corrected chi connectivity index (χ4v) is 1.28. The second-order valence-corrected chi connectivity index (χ2v) is 3.10. The molecule has 2 heterocycles. The molecule has 8 heteroatoms. The highest BCUT2D eigenvalue weighted by molar-refractivity contribution is 5.26. The lowest BCUT2D eigenvalue weighted by molar-refractivity contribution is 0.370. The minimum absolute atomic E-state index is 0.105. The summed E-state index contributed by atoms with van der Waals surface area (Å²) in [5.41, 5.74) is 4.47. The lowest BCUT2D eigenvalue weighted by atomic mass is 10.4. The highest BCUT2D eigenvalue weighted by Crippen LogP contribution is 1.98. The Bertz CT molecular complexity index is 582. The van der Waals surface area contributed by atoms with E-state index < -0.39 is 11.2 Å². The van der Waals surface area contributed by atoms with Gasteiger partial charge in [0.2, 0.25) is 5.89 Å². The first kappa shape index (κ1) is 10.1. The molecule has 2 aromatic heterocycles. The Morgan fingerprint density at radius 1 is 1.50 bits per heavy atom. The Morgan fingerprint density at radius 3 is 2.94 bits per heavy atom. The molecule has 0 aliphatic heterocycles. The Kier molecular flexibility index (Phi) is 2.54. The summed E-state index contributed by atoms with van der Waals surface area (Å²) < 4.78 is 6.00. The summed E-state index contributed by atoms with van der Waals surface area (Å²) in [6.45, 7) is 0.268. The second-order valence-electron chi connectivity index (χ2n) is 3.10. The molecule has 0 fully saturated rings. The molecule has 0 amide bonds. The van der Waals surface area contributed by atoms with Crippen LogP contribution in [0.1, 0.15) is 5.89 Å². The van der Waals surface area contributed by atoms with Crippen molar-refractivity contribution in [3.05, 3.63) is 39.1 Å². The van der Waals surface area contributed by atoms with Gasteiger partial charge in [-0.05, 0) is 0 Å². The van der Waals surface area contributed by atoms with Crippen molar-refractivity contribution >= 4 is 5.82 Å². The number of aromatic amines is 1. The third-order valence-corrected chi connectivity index (χ3v) is 2.02. The van der Waals surface area contributed by atoms with E-state index in [0.717, 1.165) is 6.07 Å². The molecule has 0 spiro atoms. The van der Waals surface area contributed by atoms with Gasteiger partial charge in [0.1, 0.15) is 5.82 Å². The Hall–Kier alpha value is -2.38. The number of nitrogens with one attached hydrogen (secondary N) is 1. The molecular weight excluding hydrogens is 214 g/mol. The van der Waals surface area contributed by atoms with E-state index in [1.54, 1.807) is 0 Å². The van der Waals surface area contributed by atoms with Crippen LogP contribution in [-0.4, -0.2) is 19.7 Å². The van der Waals surface area contributed by atoms with E-state index in [0.29, 0.717) is 12.3 Å². The number of aryl methyl sites for hydroxylation is 1. The van der Waals surface area contributed by atoms with Gasteiger partial charge in [-0.25, -0.2) is 4.79 Å². The lowest BCUT2D eigenvalue weighted by Gasteiger charge is -2.05. The van der Waals surface area contributed by atoms with E-state index in [-0.39, 0.29) is 12.4 Å². The Labute approximate surface area is 88.7 Å². The maximum absolute atomic E-state index is 11.4. The minimum Gasteiger partial charge on any atom is -0.385 e. The average Bonchev–Trinajstić information content (AvgIpc) is 2.68. The van der Waals surface area contributed by atoms with Crippen molar-refractivity contribution in [3.8, 4) is 0 Å². The third-order valence-electron chi connectivity index (χ3n) is 2.02. The summed E-state index contributed by atoms with van der Waals surface area (Å²) in [7, 11) is 0. The van der Waals surface area contributed by atoms with Gasteiger partial charge in [-0.1, -0.05) is 5.16 Å². The maximum atomic E-state index is 11.4. The van der Waals surface area contributed by atoms with Gasteiger partial charge >= 0.3 is 5.69 Å². The quantitative estimate of drug-likeness (QED) is 0.670. The van der Waals surface area contributed by atoms with Crippen molar-refractivity contribution in [3.63, 3.8) is 0 Å². The first-order valence-electron chi connectivity index (χ1n) is 4.52. The van der Waals surface area contributed by atoms with Crippen LogP contribution >= 0.6 is 0 Å². The van der Waals surface area contributed by atoms with E-state index >= 15 is 0 Å². The topological polar surface area (TPSA) is 120 Å². The number of nitrogen functional groups attached to an aromatic ring is 1. The number of H-pyrrole nitrogens is 1. The van der Waals surface area contributed by atoms with Gasteiger partial charge in [-0.3, -0.25) is 14.3 Å². The van der Waals surface area contributed by atoms with Crippen molar-refractivity contribution in [2.24, 2.45) is 0 Å². The number of hydrogen-bond donors (Lipinski definition) is 2. The molecule has 2 aromatic rings. The highest BCUT2D eigenvalue weighted by Gasteiger charge is 2.05. The zero-order valence-electron chi connectivity index (χ0n) is 8.21. The molecule has 84 valence electrons. The van der Waals surface area contributed by atoms with E-state index in [2.05, 4.69) is 15.1 Å². The van der Waals surface area contributed by atoms with Crippen molar-refractivity contribution in [2.45, 2.75) is 13.0 Å². The van der Waals surface area contributed by atoms with Crippen molar-refractivity contribution < 1.29 is 4.52 Å². The van der Waals surface area contributed by atoms with Crippen molar-refractivity contribution in [2.75, 3.05) is 5.73 Å². The molecule has 2 rings (SSSR count). The number of rotatable bonds is 3. The minimum atomic E-state index is -0.551. The summed E-state index contributed by atoms with van der Waals surface area (Å²) in [5, 5.41) is 3.43. The van der Waals surface area contributed by atoms with Crippen LogP contribution in [0, 0.1) is 0 Å². The molecule has 0 aromatic carbocycles. The zero-order valence-corrected chi connectivity index (χ0v) is 8.21. The number of nitrogens with two attached hydrogens (primary N) is 1. The molecule has 0 unspecified atom stereocenters. The van der Waals surface area contributed by atoms with Crippen LogP contribution in [0.25, 0.3) is 0 Å². The molecular formula is C8H9N5O3. The van der Waals surface area contributed by atoms with Crippen molar-refractivity contribution in [1.82, 2.24) is 19.7 Å². The summed E-state index contributed by atoms with van der Waals surface area (Å²) in [6.07, 6.45) is 1.64. The Morgan fingerprint density at radius 2 is 2.31 bits per heavy atom. The zero-order chi connectivity index (χ0) is 11.5. The molecule has 0 saturated carbocycles. The smallest absolute Gasteiger partial charge is 0.329 e. The van der Waals surface area contributed by atoms with Gasteiger partial charge in [0.05, 0.1) is 0 Å². The van der Waals surface area contributed by atoms with Gasteiger partial charge in [0, 0.05) is 19.0 Å². The second kappa shape index (κ2) is 4.01. The highest BCUT2D eigenvalue weighted by atomic mass is 16.5. The fraction of sp³-hybridized carbons (Fsp3) is 0.250. The number of anilines is 1. The standard InChI is InChI=1S/C8H9N5O3/c9-5-3-6(14)12-8(15)13(5)2-1-7-10-4-11-16-7/h3-4H,1-2,9H2,(H,12,14,15). The van der Waals surface area contributed by atoms with E-state index in [4.69, 9.17) is 10.3 Å². The SMILES string of the molecule is Nc1cc(=O)[nH]c(=O)n1CCc1ncno1. The average molecular weight is 223 g/mol. The normalized spacial score (nSPS) is 10.5. The maximum Gasteiger partial charge on any atom is 0.329 e. The fourth-order valence-electron chi connectivity index (χ4n) is 1.28. The molecule has 0 aliphatic rings. The summed E-state index contributed by atoms with van der Waals surface area (Å²) in [5.74, 6) is 0.505. The van der Waals surface area contributed by atoms with Crippen LogP contribution in [0.4, 0.5) is 5.82 Å². The Balaban J connectivity index is 2.22. The molecule has 0 radical (unpaired) electrons. The molecule has 3 N–H and O–H groups in total. The van der Waals surface area contributed by atoms with Crippen LogP contribution in [0.5, 0.6) is 0 Å². The summed E-state index contributed by atoms with van der Waals surface area (Å²) >= 11 is 0. The predicted molar refractivity (Wildman–Crippen MR) is 53.7 cm³/mol. The van der Waals surface area contributed by atoms with Crippen LogP contribution in [-0.2, 0) is 13.0 Å². The number of nitrogens with zero attached hydrogens (tertiary/aromatic N) is 3. The van der Waals surface area contributed by atoms with Gasteiger partial charge in [0.15, 0.2) is 6.33 Å². The molecule has 0 aliphatic carbocycles. The molecule has 0 atom stereocenters. The summed E-state index contributed by atoms with van der Waals surface area (Å²) in [6, 6.07) is 1.15. The van der Waals surface area contributed by atoms with Gasteiger partial charge in [0.25, 0.3) is 5.56 Å². The van der Waals surface area contributed by atoms with Gasteiger partial charge < -0.3 is 10.3 Å². The van der Waals surface area contributed by atoms with Gasteiger partial charge in [-0.15, -0.1) is 0 Å². The van der Waals surface area contributed by atoms with E-state index in [1.165, 1.54) is 10.9 Å². The largest absolute Gasteiger partial charge is 0.385 e. The third kappa shape index (κ3) is 2.00. The molecule has 0 bridgehead atoms. The molecule has 16 heavy (non-hydrogen) atoms. The molecule has 0 saturated heterocycles. The van der Waals surface area contributed by atoms with Crippen LogP contribution in [0.15, 0.2) is 26.5 Å². The van der Waals surface area contributed by atoms with Gasteiger partial charge in [-0.2, -0.15) is 4.98 Å². The summed E-state index contributed by atoms with van der Waals surface area (Å²) in [4.78, 5) is 28.2. The predicted octanol–water partition coefficient (Wildman–Crippen LogP) is -1.26.